The van der Waals surface area contributed by atoms with Crippen molar-refractivity contribution < 1.29 is 14.3 Å². The molecule has 0 radical (unpaired) electrons. The molecular weight excluding hydrogens is 388 g/mol. The number of aryl methyl sites for hydroxylation is 1. The molecule has 0 bridgehead atoms. The number of nitrogens with zero attached hydrogens (tertiary/aromatic N) is 1. The van der Waals surface area contributed by atoms with Gasteiger partial charge in [0.2, 0.25) is 5.91 Å². The predicted octanol–water partition coefficient (Wildman–Crippen LogP) is 4.28. The van der Waals surface area contributed by atoms with Gasteiger partial charge in [0.15, 0.2) is 6.61 Å². The van der Waals surface area contributed by atoms with E-state index in [9.17, 15) is 9.59 Å². The molecule has 2 amide bonds. The number of nitrogens with one attached hydrogen (secondary N) is 1. The second kappa shape index (κ2) is 11.5. The summed E-state index contributed by atoms with van der Waals surface area (Å²) >= 11 is 0. The minimum atomic E-state index is -0.489. The molecule has 0 spiro atoms. The van der Waals surface area contributed by atoms with Gasteiger partial charge in [-0.1, -0.05) is 68.3 Å². The maximum Gasteiger partial charge on any atom is 0.261 e. The van der Waals surface area contributed by atoms with Gasteiger partial charge in [0.25, 0.3) is 5.91 Å². The Morgan fingerprint density at radius 2 is 1.74 bits per heavy atom. The first kappa shape index (κ1) is 22.9. The highest BCUT2D eigenvalue weighted by Gasteiger charge is 2.30. The van der Waals surface area contributed by atoms with Gasteiger partial charge in [-0.25, -0.2) is 0 Å². The monoisotopic (exact) mass is 422 g/mol. The summed E-state index contributed by atoms with van der Waals surface area (Å²) in [6.07, 6.45) is 5.63. The molecule has 1 atom stereocenters. The normalized spacial score (nSPS) is 14.8. The lowest BCUT2D eigenvalue weighted by molar-refractivity contribution is -0.142. The van der Waals surface area contributed by atoms with E-state index < -0.39 is 6.04 Å². The van der Waals surface area contributed by atoms with Crippen LogP contribution in [0.3, 0.4) is 0 Å². The minimum Gasteiger partial charge on any atom is -0.484 e. The maximum atomic E-state index is 13.2. The van der Waals surface area contributed by atoms with E-state index in [4.69, 9.17) is 4.74 Å². The van der Waals surface area contributed by atoms with Gasteiger partial charge < -0.3 is 15.0 Å². The van der Waals surface area contributed by atoms with Crippen LogP contribution in [0.25, 0.3) is 0 Å². The Morgan fingerprint density at radius 1 is 1.06 bits per heavy atom. The second-order valence-corrected chi connectivity index (χ2v) is 8.29. The largest absolute Gasteiger partial charge is 0.484 e. The fraction of sp³-hybridized carbons (Fsp3) is 0.462. The standard InChI is InChI=1S/C26H34N2O3/c1-3-23(26(30)27-22-14-8-9-15-22)28(18-17-21-12-5-4-6-13-21)25(29)19-31-24-16-10-7-11-20(24)2/h4-7,10-13,16,22-23H,3,8-9,14-15,17-19H2,1-2H3,(H,27,30). The fourth-order valence-corrected chi connectivity index (χ4v) is 4.20. The molecule has 0 aliphatic heterocycles. The van der Waals surface area contributed by atoms with Crippen LogP contribution in [-0.2, 0) is 16.0 Å². The average molecular weight is 423 g/mol. The molecule has 2 aromatic carbocycles. The summed E-state index contributed by atoms with van der Waals surface area (Å²) in [5.74, 6) is 0.488. The number of hydrogen-bond donors (Lipinski definition) is 1. The van der Waals surface area contributed by atoms with Crippen LogP contribution in [0.1, 0.15) is 50.2 Å². The highest BCUT2D eigenvalue weighted by Crippen LogP contribution is 2.19. The Kier molecular flexibility index (Phi) is 8.51. The smallest absolute Gasteiger partial charge is 0.261 e. The van der Waals surface area contributed by atoms with Gasteiger partial charge in [-0.05, 0) is 49.8 Å². The van der Waals surface area contributed by atoms with Crippen LogP contribution in [0.4, 0.5) is 0 Å². The molecule has 1 unspecified atom stereocenters. The number of hydrogen-bond acceptors (Lipinski definition) is 3. The Balaban J connectivity index is 1.70. The molecule has 1 N–H and O–H groups in total. The number of carbonyl (C=O) groups is 2. The van der Waals surface area contributed by atoms with Crippen molar-refractivity contribution in [3.05, 3.63) is 65.7 Å². The summed E-state index contributed by atoms with van der Waals surface area (Å²) in [5, 5.41) is 3.17. The molecule has 1 aliphatic carbocycles. The number of benzene rings is 2. The van der Waals surface area contributed by atoms with Crippen molar-refractivity contribution >= 4 is 11.8 Å². The van der Waals surface area contributed by atoms with Crippen LogP contribution in [0.2, 0.25) is 0 Å². The van der Waals surface area contributed by atoms with Crippen LogP contribution in [0, 0.1) is 6.92 Å². The fourth-order valence-electron chi connectivity index (χ4n) is 4.20. The lowest BCUT2D eigenvalue weighted by atomic mass is 10.1. The molecule has 1 aliphatic rings. The summed E-state index contributed by atoms with van der Waals surface area (Å²) in [5.41, 5.74) is 2.13. The summed E-state index contributed by atoms with van der Waals surface area (Å²) in [6.45, 7) is 4.32. The zero-order chi connectivity index (χ0) is 22.1. The number of carbonyl (C=O) groups excluding carboxylic acids is 2. The van der Waals surface area contributed by atoms with Gasteiger partial charge >= 0.3 is 0 Å². The van der Waals surface area contributed by atoms with Crippen LogP contribution >= 0.6 is 0 Å². The highest BCUT2D eigenvalue weighted by molar-refractivity contribution is 5.88. The highest BCUT2D eigenvalue weighted by atomic mass is 16.5. The quantitative estimate of drug-likeness (QED) is 0.622. The molecule has 3 rings (SSSR count). The lowest BCUT2D eigenvalue weighted by Crippen LogP contribution is -2.53. The molecule has 0 saturated heterocycles. The average Bonchev–Trinajstić information content (AvgIpc) is 3.29. The van der Waals surface area contributed by atoms with E-state index in [0.29, 0.717) is 25.1 Å². The van der Waals surface area contributed by atoms with Crippen LogP contribution < -0.4 is 10.1 Å². The van der Waals surface area contributed by atoms with E-state index in [1.807, 2.05) is 68.4 Å². The van der Waals surface area contributed by atoms with Gasteiger partial charge in [0, 0.05) is 12.6 Å². The number of rotatable bonds is 10. The van der Waals surface area contributed by atoms with E-state index in [1.54, 1.807) is 4.90 Å². The van der Waals surface area contributed by atoms with E-state index in [0.717, 1.165) is 36.8 Å². The Bertz CT molecular complexity index is 847. The van der Waals surface area contributed by atoms with Gasteiger partial charge in [-0.3, -0.25) is 9.59 Å². The summed E-state index contributed by atoms with van der Waals surface area (Å²) < 4.78 is 5.82. The van der Waals surface area contributed by atoms with Crippen molar-refractivity contribution in [2.45, 2.75) is 64.5 Å². The second-order valence-electron chi connectivity index (χ2n) is 8.29. The predicted molar refractivity (Wildman–Crippen MR) is 123 cm³/mol. The Labute approximate surface area is 185 Å². The minimum absolute atomic E-state index is 0.0493. The van der Waals surface area contributed by atoms with E-state index in [-0.39, 0.29) is 24.5 Å². The molecule has 5 heteroatoms. The first-order chi connectivity index (χ1) is 15.1. The Hall–Kier alpha value is -2.82. The van der Waals surface area contributed by atoms with E-state index in [1.165, 1.54) is 0 Å². The molecule has 0 heterocycles. The summed E-state index contributed by atoms with van der Waals surface area (Å²) in [4.78, 5) is 28.0. The molecule has 31 heavy (non-hydrogen) atoms. The van der Waals surface area contributed by atoms with E-state index in [2.05, 4.69) is 5.32 Å². The molecular formula is C26H34N2O3. The Morgan fingerprint density at radius 3 is 2.42 bits per heavy atom. The maximum absolute atomic E-state index is 13.2. The number of para-hydroxylation sites is 1. The number of amides is 2. The van der Waals surface area contributed by atoms with Crippen molar-refractivity contribution in [2.24, 2.45) is 0 Å². The third-order valence-corrected chi connectivity index (χ3v) is 6.02. The van der Waals surface area contributed by atoms with Crippen molar-refractivity contribution in [3.8, 4) is 5.75 Å². The van der Waals surface area contributed by atoms with Gasteiger partial charge in [0.1, 0.15) is 11.8 Å². The third kappa shape index (κ3) is 6.58. The zero-order valence-electron chi connectivity index (χ0n) is 18.7. The zero-order valence-corrected chi connectivity index (χ0v) is 18.7. The van der Waals surface area contributed by atoms with Crippen molar-refractivity contribution in [2.75, 3.05) is 13.2 Å². The molecule has 5 nitrogen and oxygen atoms in total. The van der Waals surface area contributed by atoms with Gasteiger partial charge in [-0.15, -0.1) is 0 Å². The summed E-state index contributed by atoms with van der Waals surface area (Å²) in [6, 6.07) is 17.5. The van der Waals surface area contributed by atoms with Crippen LogP contribution in [-0.4, -0.2) is 41.9 Å². The van der Waals surface area contributed by atoms with Gasteiger partial charge in [-0.2, -0.15) is 0 Å². The molecule has 1 saturated carbocycles. The van der Waals surface area contributed by atoms with Crippen LogP contribution in [0.15, 0.2) is 54.6 Å². The third-order valence-electron chi connectivity index (χ3n) is 6.02. The van der Waals surface area contributed by atoms with Crippen molar-refractivity contribution in [3.63, 3.8) is 0 Å². The van der Waals surface area contributed by atoms with Crippen LogP contribution in [0.5, 0.6) is 5.75 Å². The van der Waals surface area contributed by atoms with Crippen molar-refractivity contribution in [1.29, 1.82) is 0 Å². The molecule has 2 aromatic rings. The topological polar surface area (TPSA) is 58.6 Å². The SMILES string of the molecule is CCC(C(=O)NC1CCCC1)N(CCc1ccccc1)C(=O)COc1ccccc1C. The first-order valence-electron chi connectivity index (χ1n) is 11.4. The van der Waals surface area contributed by atoms with Gasteiger partial charge in [0.05, 0.1) is 0 Å². The molecule has 166 valence electrons. The van der Waals surface area contributed by atoms with E-state index >= 15 is 0 Å². The number of ether oxygens (including phenoxy) is 1. The van der Waals surface area contributed by atoms with Crippen molar-refractivity contribution in [1.82, 2.24) is 10.2 Å². The molecule has 1 fully saturated rings. The first-order valence-corrected chi connectivity index (χ1v) is 11.4. The molecule has 0 aromatic heterocycles. The summed E-state index contributed by atoms with van der Waals surface area (Å²) in [7, 11) is 0. The lowest BCUT2D eigenvalue weighted by Gasteiger charge is -2.31.